The van der Waals surface area contributed by atoms with Gasteiger partial charge in [-0.1, -0.05) is 12.1 Å². The molecule has 4 nitrogen and oxygen atoms in total. The molecule has 2 aromatic heterocycles. The highest BCUT2D eigenvalue weighted by atomic mass is 15.2. The second-order valence-electron chi connectivity index (χ2n) is 5.15. The molecule has 4 heteroatoms. The summed E-state index contributed by atoms with van der Waals surface area (Å²) in [6.45, 7) is 6.76. The van der Waals surface area contributed by atoms with E-state index in [4.69, 9.17) is 0 Å². The summed E-state index contributed by atoms with van der Waals surface area (Å²) >= 11 is 0. The summed E-state index contributed by atoms with van der Waals surface area (Å²) in [6, 6.07) is 12.5. The van der Waals surface area contributed by atoms with Crippen LogP contribution in [0.2, 0.25) is 0 Å². The quantitative estimate of drug-likeness (QED) is 0.785. The molecule has 106 valence electrons. The Morgan fingerprint density at radius 3 is 1.90 bits per heavy atom. The Bertz CT molecular complexity index is 443. The zero-order valence-corrected chi connectivity index (χ0v) is 12.2. The lowest BCUT2D eigenvalue weighted by Gasteiger charge is -2.23. The second-order valence-corrected chi connectivity index (χ2v) is 5.15. The summed E-state index contributed by atoms with van der Waals surface area (Å²) in [5.74, 6) is 0. The molecule has 2 rings (SSSR count). The molecule has 0 fully saturated rings. The van der Waals surface area contributed by atoms with Crippen LogP contribution in [-0.2, 0) is 13.1 Å². The van der Waals surface area contributed by atoms with Crippen LogP contribution in [0.3, 0.4) is 0 Å². The fourth-order valence-corrected chi connectivity index (χ4v) is 1.92. The number of hydrogen-bond donors (Lipinski definition) is 1. The van der Waals surface area contributed by atoms with E-state index in [2.05, 4.69) is 46.2 Å². The highest BCUT2D eigenvalue weighted by Crippen LogP contribution is 2.05. The predicted molar refractivity (Wildman–Crippen MR) is 80.9 cm³/mol. The minimum absolute atomic E-state index is 0.463. The number of rotatable bonds is 7. The van der Waals surface area contributed by atoms with Crippen molar-refractivity contribution in [3.63, 3.8) is 0 Å². The first-order valence-corrected chi connectivity index (χ1v) is 6.99. The molecule has 2 heterocycles. The third-order valence-corrected chi connectivity index (χ3v) is 2.95. The summed E-state index contributed by atoms with van der Waals surface area (Å²) in [5, 5.41) is 3.46. The average Bonchev–Trinajstić information content (AvgIpc) is 2.47. The van der Waals surface area contributed by atoms with Crippen molar-refractivity contribution in [2.24, 2.45) is 0 Å². The Morgan fingerprint density at radius 2 is 1.50 bits per heavy atom. The van der Waals surface area contributed by atoms with Crippen molar-refractivity contribution < 1.29 is 0 Å². The second kappa shape index (κ2) is 7.72. The van der Waals surface area contributed by atoms with Gasteiger partial charge in [-0.25, -0.2) is 0 Å². The lowest BCUT2D eigenvalue weighted by atomic mass is 10.3. The van der Waals surface area contributed by atoms with Gasteiger partial charge in [0.05, 0.1) is 11.4 Å². The van der Waals surface area contributed by atoms with E-state index >= 15 is 0 Å². The normalized spacial score (nSPS) is 11.2. The molecular weight excluding hydrogens is 248 g/mol. The summed E-state index contributed by atoms with van der Waals surface area (Å²) in [6.07, 6.45) is 3.67. The molecule has 2 aromatic rings. The third kappa shape index (κ3) is 5.07. The minimum atomic E-state index is 0.463. The molecule has 20 heavy (non-hydrogen) atoms. The summed E-state index contributed by atoms with van der Waals surface area (Å²) in [5.41, 5.74) is 2.16. The largest absolute Gasteiger partial charge is 0.302 e. The molecule has 0 saturated heterocycles. The van der Waals surface area contributed by atoms with E-state index in [1.54, 1.807) is 0 Å². The van der Waals surface area contributed by atoms with E-state index in [0.29, 0.717) is 6.04 Å². The van der Waals surface area contributed by atoms with Gasteiger partial charge in [0.15, 0.2) is 0 Å². The monoisotopic (exact) mass is 270 g/mol. The fraction of sp³-hybridized carbons (Fsp3) is 0.375. The number of aromatic nitrogens is 2. The first-order valence-electron chi connectivity index (χ1n) is 6.99. The number of nitrogens with one attached hydrogen (secondary N) is 1. The van der Waals surface area contributed by atoms with Gasteiger partial charge in [-0.15, -0.1) is 0 Å². The maximum Gasteiger partial charge on any atom is 0.0544 e. The van der Waals surface area contributed by atoms with E-state index < -0.39 is 0 Å². The molecule has 0 aliphatic carbocycles. The first-order chi connectivity index (χ1) is 9.74. The van der Waals surface area contributed by atoms with Crippen LogP contribution in [0.4, 0.5) is 0 Å². The number of hydrogen-bond acceptors (Lipinski definition) is 4. The SMILES string of the molecule is CC(C)NCN(Cc1ccccn1)Cc1ccccn1. The van der Waals surface area contributed by atoms with Crippen molar-refractivity contribution in [2.45, 2.75) is 33.0 Å². The van der Waals surface area contributed by atoms with Gasteiger partial charge in [0.25, 0.3) is 0 Å². The first kappa shape index (κ1) is 14.6. The minimum Gasteiger partial charge on any atom is -0.302 e. The zero-order chi connectivity index (χ0) is 14.2. The summed E-state index contributed by atoms with van der Waals surface area (Å²) < 4.78 is 0. The van der Waals surface area contributed by atoms with Gasteiger partial charge in [0, 0.05) is 38.2 Å². The van der Waals surface area contributed by atoms with E-state index in [1.807, 2.05) is 36.7 Å². The topological polar surface area (TPSA) is 41.0 Å². The molecule has 0 aromatic carbocycles. The van der Waals surface area contributed by atoms with Crippen LogP contribution in [0.25, 0.3) is 0 Å². The van der Waals surface area contributed by atoms with Crippen molar-refractivity contribution in [3.05, 3.63) is 60.2 Å². The Kier molecular flexibility index (Phi) is 5.65. The Morgan fingerprint density at radius 1 is 0.950 bits per heavy atom. The van der Waals surface area contributed by atoms with Crippen LogP contribution in [-0.4, -0.2) is 27.6 Å². The molecule has 0 aliphatic rings. The van der Waals surface area contributed by atoms with E-state index in [0.717, 1.165) is 31.1 Å². The van der Waals surface area contributed by atoms with Gasteiger partial charge in [0.1, 0.15) is 0 Å². The smallest absolute Gasteiger partial charge is 0.0544 e. The van der Waals surface area contributed by atoms with Crippen LogP contribution < -0.4 is 5.32 Å². The van der Waals surface area contributed by atoms with Crippen LogP contribution in [0.15, 0.2) is 48.8 Å². The van der Waals surface area contributed by atoms with Crippen LogP contribution in [0.1, 0.15) is 25.2 Å². The van der Waals surface area contributed by atoms with E-state index in [1.165, 1.54) is 0 Å². The molecule has 0 aliphatic heterocycles. The van der Waals surface area contributed by atoms with Crippen LogP contribution in [0.5, 0.6) is 0 Å². The van der Waals surface area contributed by atoms with Crippen molar-refractivity contribution >= 4 is 0 Å². The maximum absolute atomic E-state index is 4.40. The molecule has 0 unspecified atom stereocenters. The van der Waals surface area contributed by atoms with E-state index in [9.17, 15) is 0 Å². The van der Waals surface area contributed by atoms with Gasteiger partial charge in [-0.3, -0.25) is 14.9 Å². The summed E-state index contributed by atoms with van der Waals surface area (Å²) in [4.78, 5) is 11.1. The number of pyridine rings is 2. The predicted octanol–water partition coefficient (Wildman–Crippen LogP) is 2.43. The molecule has 0 amide bonds. The van der Waals surface area contributed by atoms with Gasteiger partial charge in [-0.2, -0.15) is 0 Å². The van der Waals surface area contributed by atoms with Crippen molar-refractivity contribution in [2.75, 3.05) is 6.67 Å². The zero-order valence-electron chi connectivity index (χ0n) is 12.2. The van der Waals surface area contributed by atoms with Crippen molar-refractivity contribution in [3.8, 4) is 0 Å². The molecule has 0 atom stereocenters. The lowest BCUT2D eigenvalue weighted by Crippen LogP contribution is -2.37. The van der Waals surface area contributed by atoms with Crippen LogP contribution >= 0.6 is 0 Å². The maximum atomic E-state index is 4.40. The molecule has 0 saturated carbocycles. The molecule has 0 spiro atoms. The molecular formula is C16H22N4. The lowest BCUT2D eigenvalue weighted by molar-refractivity contribution is 0.223. The molecule has 0 bridgehead atoms. The fourth-order valence-electron chi connectivity index (χ4n) is 1.92. The van der Waals surface area contributed by atoms with Gasteiger partial charge >= 0.3 is 0 Å². The molecule has 0 radical (unpaired) electrons. The standard InChI is InChI=1S/C16H22N4/c1-14(2)19-13-20(11-15-7-3-5-9-17-15)12-16-8-4-6-10-18-16/h3-10,14,19H,11-13H2,1-2H3. The highest BCUT2D eigenvalue weighted by Gasteiger charge is 2.08. The Labute approximate surface area is 120 Å². The van der Waals surface area contributed by atoms with Crippen molar-refractivity contribution in [1.82, 2.24) is 20.2 Å². The third-order valence-electron chi connectivity index (χ3n) is 2.95. The van der Waals surface area contributed by atoms with E-state index in [-0.39, 0.29) is 0 Å². The van der Waals surface area contributed by atoms with Gasteiger partial charge < -0.3 is 5.32 Å². The van der Waals surface area contributed by atoms with Gasteiger partial charge in [0.2, 0.25) is 0 Å². The van der Waals surface area contributed by atoms with Crippen LogP contribution in [0, 0.1) is 0 Å². The van der Waals surface area contributed by atoms with Gasteiger partial charge in [-0.05, 0) is 38.1 Å². The summed E-state index contributed by atoms with van der Waals surface area (Å²) in [7, 11) is 0. The Balaban J connectivity index is 2.00. The molecule has 1 N–H and O–H groups in total. The average molecular weight is 270 g/mol. The Hall–Kier alpha value is -1.78. The van der Waals surface area contributed by atoms with Crippen molar-refractivity contribution in [1.29, 1.82) is 0 Å². The highest BCUT2D eigenvalue weighted by molar-refractivity contribution is 5.06. The number of nitrogens with zero attached hydrogens (tertiary/aromatic N) is 3.